The van der Waals surface area contributed by atoms with Crippen molar-refractivity contribution >= 4 is 29.3 Å². The first kappa shape index (κ1) is 31.8. The number of benzene rings is 2. The number of carbonyl (C=O) groups is 3. The summed E-state index contributed by atoms with van der Waals surface area (Å²) < 4.78 is 6.11. The molecule has 4 rings (SSSR count). The van der Waals surface area contributed by atoms with Gasteiger partial charge in [0.05, 0.1) is 12.6 Å². The molecule has 42 heavy (non-hydrogen) atoms. The van der Waals surface area contributed by atoms with Crippen LogP contribution in [0.5, 0.6) is 5.75 Å². The van der Waals surface area contributed by atoms with Gasteiger partial charge in [0.2, 0.25) is 17.7 Å². The number of hydrogen-bond acceptors (Lipinski definition) is 6. The first-order chi connectivity index (χ1) is 20.4. The molecule has 1 heterocycles. The molecule has 0 spiro atoms. The van der Waals surface area contributed by atoms with Crippen molar-refractivity contribution in [1.29, 1.82) is 0 Å². The summed E-state index contributed by atoms with van der Waals surface area (Å²) in [4.78, 5) is 42.0. The smallest absolute Gasteiger partial charge is 0.245 e. The number of halogens is 1. The SMILES string of the molecule is CN1C(=O)[C@H](C2CCCCC2)NCCOc2ccccc2CCCNC(=O)[C@@H](Cc2ccc(Cl)cc2)NC(=O)[C@@H]1CO. The number of likely N-dealkylation sites (N-methyl/N-ethyl adjacent to an activating group) is 1. The summed E-state index contributed by atoms with van der Waals surface area (Å²) in [6.45, 7) is 0.682. The summed E-state index contributed by atoms with van der Waals surface area (Å²) in [5.41, 5.74) is 1.86. The summed E-state index contributed by atoms with van der Waals surface area (Å²) in [5.74, 6) is -0.258. The molecule has 1 aliphatic carbocycles. The average Bonchev–Trinajstić information content (AvgIpc) is 3.00. The van der Waals surface area contributed by atoms with Crippen LogP contribution in [-0.2, 0) is 27.2 Å². The molecule has 1 aliphatic heterocycles. The monoisotopic (exact) mass is 598 g/mol. The van der Waals surface area contributed by atoms with Crippen molar-refractivity contribution in [2.24, 2.45) is 5.92 Å². The molecule has 0 unspecified atom stereocenters. The van der Waals surface area contributed by atoms with E-state index in [1.54, 1.807) is 19.2 Å². The standard InChI is InChI=1S/C32H43ClN4O5/c1-37-27(21-38)31(40)36-26(20-22-13-15-25(33)16-14-22)30(39)35-17-7-11-23-8-5-6-12-28(23)42-19-18-34-29(32(37)41)24-9-3-2-4-10-24/h5-6,8,12-16,24,26-27,29,34,38H,2-4,7,9-11,17-21H2,1H3,(H,35,39)(H,36,40)/t26-,27+,29+/m1/s1. The minimum Gasteiger partial charge on any atom is -0.492 e. The molecule has 9 nitrogen and oxygen atoms in total. The highest BCUT2D eigenvalue weighted by Crippen LogP contribution is 2.28. The van der Waals surface area contributed by atoms with Crippen LogP contribution in [0.15, 0.2) is 48.5 Å². The van der Waals surface area contributed by atoms with Crippen LogP contribution in [0.4, 0.5) is 0 Å². The summed E-state index contributed by atoms with van der Waals surface area (Å²) in [6, 6.07) is 12.4. The zero-order valence-electron chi connectivity index (χ0n) is 24.3. The lowest BCUT2D eigenvalue weighted by atomic mass is 9.83. The van der Waals surface area contributed by atoms with Crippen molar-refractivity contribution < 1.29 is 24.2 Å². The van der Waals surface area contributed by atoms with Gasteiger partial charge in [-0.1, -0.05) is 61.2 Å². The Morgan fingerprint density at radius 2 is 1.69 bits per heavy atom. The van der Waals surface area contributed by atoms with Crippen molar-refractivity contribution in [2.45, 2.75) is 69.5 Å². The summed E-state index contributed by atoms with van der Waals surface area (Å²) >= 11 is 6.05. The first-order valence-electron chi connectivity index (χ1n) is 15.0. The minimum absolute atomic E-state index is 0.123. The lowest BCUT2D eigenvalue weighted by Gasteiger charge is -2.35. The number of nitrogens with one attached hydrogen (secondary N) is 3. The maximum atomic E-state index is 13.9. The normalized spacial score (nSPS) is 24.0. The molecule has 0 saturated heterocycles. The highest BCUT2D eigenvalue weighted by atomic mass is 35.5. The van der Waals surface area contributed by atoms with Gasteiger partial charge in [0.15, 0.2) is 0 Å². The topological polar surface area (TPSA) is 120 Å². The maximum Gasteiger partial charge on any atom is 0.245 e. The van der Waals surface area contributed by atoms with E-state index in [0.29, 0.717) is 37.6 Å². The lowest BCUT2D eigenvalue weighted by Crippen LogP contribution is -2.59. The maximum absolute atomic E-state index is 13.9. The Morgan fingerprint density at radius 1 is 0.952 bits per heavy atom. The molecule has 3 atom stereocenters. The number of aryl methyl sites for hydroxylation is 1. The first-order valence-corrected chi connectivity index (χ1v) is 15.4. The number of aliphatic hydroxyl groups excluding tert-OH is 1. The van der Waals surface area contributed by atoms with Crippen molar-refractivity contribution in [3.63, 3.8) is 0 Å². The van der Waals surface area contributed by atoms with Crippen LogP contribution in [-0.4, -0.2) is 79.2 Å². The second-order valence-corrected chi connectivity index (χ2v) is 11.7. The van der Waals surface area contributed by atoms with Gasteiger partial charge in [0.25, 0.3) is 0 Å². The van der Waals surface area contributed by atoms with Crippen LogP contribution in [0.2, 0.25) is 5.02 Å². The highest BCUT2D eigenvalue weighted by molar-refractivity contribution is 6.30. The number of hydrogen-bond donors (Lipinski definition) is 4. The van der Waals surface area contributed by atoms with Crippen molar-refractivity contribution in [2.75, 3.05) is 33.4 Å². The molecule has 4 N–H and O–H groups in total. The Bertz CT molecular complexity index is 1190. The van der Waals surface area contributed by atoms with Crippen LogP contribution in [0, 0.1) is 5.92 Å². The Labute approximate surface area is 253 Å². The number of para-hydroxylation sites is 1. The number of aliphatic hydroxyl groups is 1. The van der Waals surface area contributed by atoms with Crippen LogP contribution in [0.25, 0.3) is 0 Å². The van der Waals surface area contributed by atoms with Gasteiger partial charge in [-0.25, -0.2) is 0 Å². The molecule has 228 valence electrons. The van der Waals surface area contributed by atoms with E-state index in [0.717, 1.165) is 49.0 Å². The van der Waals surface area contributed by atoms with Gasteiger partial charge in [-0.15, -0.1) is 0 Å². The van der Waals surface area contributed by atoms with Gasteiger partial charge in [0, 0.05) is 31.6 Å². The molecule has 10 heteroatoms. The number of fused-ring (bicyclic) bond motifs is 1. The molecule has 1 saturated carbocycles. The lowest BCUT2D eigenvalue weighted by molar-refractivity contribution is -0.144. The van der Waals surface area contributed by atoms with Gasteiger partial charge < -0.3 is 30.7 Å². The number of nitrogens with zero attached hydrogens (tertiary/aromatic N) is 1. The summed E-state index contributed by atoms with van der Waals surface area (Å²) in [6.07, 6.45) is 6.70. The molecule has 0 aromatic heterocycles. The van der Waals surface area contributed by atoms with E-state index in [2.05, 4.69) is 16.0 Å². The van der Waals surface area contributed by atoms with Gasteiger partial charge in [-0.05, 0) is 60.9 Å². The van der Waals surface area contributed by atoms with Crippen LogP contribution < -0.4 is 20.7 Å². The molecule has 2 aromatic carbocycles. The fraction of sp³-hybridized carbons (Fsp3) is 0.531. The van der Waals surface area contributed by atoms with E-state index in [1.165, 1.54) is 4.90 Å². The number of ether oxygens (including phenoxy) is 1. The van der Waals surface area contributed by atoms with E-state index in [1.807, 2.05) is 36.4 Å². The molecule has 1 fully saturated rings. The van der Waals surface area contributed by atoms with Gasteiger partial charge in [0.1, 0.15) is 24.4 Å². The van der Waals surface area contributed by atoms with Crippen LogP contribution in [0.3, 0.4) is 0 Å². The fourth-order valence-corrected chi connectivity index (χ4v) is 5.98. The molecular formula is C32H43ClN4O5. The van der Waals surface area contributed by atoms with Gasteiger partial charge in [-0.2, -0.15) is 0 Å². The van der Waals surface area contributed by atoms with Crippen molar-refractivity contribution in [3.05, 3.63) is 64.7 Å². The van der Waals surface area contributed by atoms with E-state index in [9.17, 15) is 19.5 Å². The molecule has 0 bridgehead atoms. The van der Waals surface area contributed by atoms with E-state index in [-0.39, 0.29) is 24.2 Å². The Balaban J connectivity index is 1.59. The predicted octanol–water partition coefficient (Wildman–Crippen LogP) is 2.87. The Morgan fingerprint density at radius 3 is 2.43 bits per heavy atom. The largest absolute Gasteiger partial charge is 0.492 e. The zero-order chi connectivity index (χ0) is 29.9. The predicted molar refractivity (Wildman–Crippen MR) is 162 cm³/mol. The van der Waals surface area contributed by atoms with E-state index >= 15 is 0 Å². The third kappa shape index (κ3) is 8.69. The minimum atomic E-state index is -1.15. The molecule has 3 amide bonds. The third-order valence-electron chi connectivity index (χ3n) is 8.28. The molecular weight excluding hydrogens is 556 g/mol. The van der Waals surface area contributed by atoms with Crippen molar-refractivity contribution in [3.8, 4) is 5.75 Å². The Hall–Kier alpha value is -3.14. The Kier molecular flexibility index (Phi) is 12.0. The number of carbonyl (C=O) groups excluding carboxylic acids is 3. The fourth-order valence-electron chi connectivity index (χ4n) is 5.85. The number of amides is 3. The zero-order valence-corrected chi connectivity index (χ0v) is 25.1. The van der Waals surface area contributed by atoms with E-state index < -0.39 is 30.6 Å². The summed E-state index contributed by atoms with van der Waals surface area (Å²) in [5, 5.41) is 20.0. The quantitative estimate of drug-likeness (QED) is 0.430. The molecule has 0 radical (unpaired) electrons. The van der Waals surface area contributed by atoms with Crippen LogP contribution in [0.1, 0.15) is 49.7 Å². The second kappa shape index (κ2) is 15.9. The average molecular weight is 599 g/mol. The van der Waals surface area contributed by atoms with E-state index in [4.69, 9.17) is 16.3 Å². The molecule has 2 aliphatic rings. The van der Waals surface area contributed by atoms with Crippen molar-refractivity contribution in [1.82, 2.24) is 20.9 Å². The highest BCUT2D eigenvalue weighted by Gasteiger charge is 2.36. The van der Waals surface area contributed by atoms with Gasteiger partial charge in [-0.3, -0.25) is 14.4 Å². The second-order valence-electron chi connectivity index (χ2n) is 11.2. The number of rotatable bonds is 4. The summed E-state index contributed by atoms with van der Waals surface area (Å²) in [7, 11) is 1.54. The van der Waals surface area contributed by atoms with Crippen LogP contribution >= 0.6 is 11.6 Å². The third-order valence-corrected chi connectivity index (χ3v) is 8.53. The molecule has 2 aromatic rings. The van der Waals surface area contributed by atoms with Gasteiger partial charge >= 0.3 is 0 Å².